The molecular weight excluding hydrogens is 175 g/mol. The normalized spacial score (nSPS) is 30.5. The van der Waals surface area contributed by atoms with E-state index in [1.807, 2.05) is 0 Å². The molecule has 0 aromatic heterocycles. The second-order valence-corrected chi connectivity index (χ2v) is 4.38. The smallest absolute Gasteiger partial charge is 0.163 e. The van der Waals surface area contributed by atoms with Crippen molar-refractivity contribution in [1.82, 2.24) is 0 Å². The van der Waals surface area contributed by atoms with Gasteiger partial charge in [-0.3, -0.25) is 0 Å². The van der Waals surface area contributed by atoms with Gasteiger partial charge in [0.05, 0.1) is 6.61 Å². The SMILES string of the molecule is CC1(C)OC[C@H]([C@@H](O)C(C)(C)F)O1. The molecule has 0 radical (unpaired) electrons. The minimum atomic E-state index is -1.66. The molecule has 78 valence electrons. The van der Waals surface area contributed by atoms with Crippen molar-refractivity contribution in [3.05, 3.63) is 0 Å². The Morgan fingerprint density at radius 2 is 2.08 bits per heavy atom. The maximum atomic E-state index is 13.3. The summed E-state index contributed by atoms with van der Waals surface area (Å²) in [5.41, 5.74) is -1.66. The van der Waals surface area contributed by atoms with Crippen molar-refractivity contribution in [3.63, 3.8) is 0 Å². The molecule has 2 atom stereocenters. The third-order valence-electron chi connectivity index (χ3n) is 2.09. The van der Waals surface area contributed by atoms with E-state index < -0.39 is 23.7 Å². The Bertz CT molecular complexity index is 186. The van der Waals surface area contributed by atoms with Gasteiger partial charge in [0.1, 0.15) is 17.9 Å². The van der Waals surface area contributed by atoms with Crippen LogP contribution in [0, 0.1) is 0 Å². The highest BCUT2D eigenvalue weighted by Crippen LogP contribution is 2.29. The highest BCUT2D eigenvalue weighted by Gasteiger charge is 2.43. The molecule has 0 aromatic rings. The Morgan fingerprint density at radius 1 is 1.54 bits per heavy atom. The number of ether oxygens (including phenoxy) is 2. The van der Waals surface area contributed by atoms with Crippen molar-refractivity contribution < 1.29 is 19.0 Å². The van der Waals surface area contributed by atoms with Gasteiger partial charge in [-0.2, -0.15) is 0 Å². The fraction of sp³-hybridized carbons (Fsp3) is 1.00. The summed E-state index contributed by atoms with van der Waals surface area (Å²) in [6.45, 7) is 6.37. The lowest BCUT2D eigenvalue weighted by atomic mass is 9.99. The zero-order valence-electron chi connectivity index (χ0n) is 8.50. The lowest BCUT2D eigenvalue weighted by Crippen LogP contribution is -2.43. The van der Waals surface area contributed by atoms with Gasteiger partial charge < -0.3 is 14.6 Å². The zero-order chi connectivity index (χ0) is 10.3. The summed E-state index contributed by atoms with van der Waals surface area (Å²) < 4.78 is 23.8. The van der Waals surface area contributed by atoms with E-state index in [9.17, 15) is 9.50 Å². The summed E-state index contributed by atoms with van der Waals surface area (Å²) >= 11 is 0. The van der Waals surface area contributed by atoms with Crippen LogP contribution >= 0.6 is 0 Å². The lowest BCUT2D eigenvalue weighted by molar-refractivity contribution is -0.162. The molecule has 1 heterocycles. The third kappa shape index (κ3) is 2.62. The summed E-state index contributed by atoms with van der Waals surface area (Å²) in [6, 6.07) is 0. The van der Waals surface area contributed by atoms with Crippen LogP contribution in [-0.4, -0.2) is 35.4 Å². The van der Waals surface area contributed by atoms with Gasteiger partial charge in [-0.1, -0.05) is 0 Å². The molecule has 0 amide bonds. The Morgan fingerprint density at radius 3 is 2.38 bits per heavy atom. The number of rotatable bonds is 2. The summed E-state index contributed by atoms with van der Waals surface area (Å²) in [5, 5.41) is 9.54. The molecule has 1 aliphatic rings. The molecule has 0 saturated carbocycles. The average molecular weight is 192 g/mol. The monoisotopic (exact) mass is 192 g/mol. The van der Waals surface area contributed by atoms with Gasteiger partial charge in [0, 0.05) is 0 Å². The molecule has 0 aromatic carbocycles. The molecule has 13 heavy (non-hydrogen) atoms. The summed E-state index contributed by atoms with van der Waals surface area (Å²) in [7, 11) is 0. The summed E-state index contributed by atoms with van der Waals surface area (Å²) in [5.74, 6) is -0.711. The van der Waals surface area contributed by atoms with Crippen LogP contribution in [-0.2, 0) is 9.47 Å². The molecule has 0 spiro atoms. The number of aliphatic hydroxyl groups excluding tert-OH is 1. The van der Waals surface area contributed by atoms with E-state index in [2.05, 4.69) is 0 Å². The quantitative estimate of drug-likeness (QED) is 0.715. The summed E-state index contributed by atoms with van der Waals surface area (Å²) in [4.78, 5) is 0. The maximum Gasteiger partial charge on any atom is 0.163 e. The van der Waals surface area contributed by atoms with Crippen molar-refractivity contribution in [1.29, 1.82) is 0 Å². The fourth-order valence-electron chi connectivity index (χ4n) is 1.31. The van der Waals surface area contributed by atoms with E-state index in [4.69, 9.17) is 9.47 Å². The average Bonchev–Trinajstić information content (AvgIpc) is 2.26. The zero-order valence-corrected chi connectivity index (χ0v) is 8.50. The molecule has 0 unspecified atom stereocenters. The Balaban J connectivity index is 2.57. The van der Waals surface area contributed by atoms with Crippen LogP contribution in [0.2, 0.25) is 0 Å². The first kappa shape index (κ1) is 10.9. The van der Waals surface area contributed by atoms with Crippen molar-refractivity contribution in [2.24, 2.45) is 0 Å². The number of hydrogen-bond donors (Lipinski definition) is 1. The van der Waals surface area contributed by atoms with Crippen LogP contribution in [0.4, 0.5) is 4.39 Å². The minimum absolute atomic E-state index is 0.238. The van der Waals surface area contributed by atoms with Gasteiger partial charge in [0.15, 0.2) is 5.79 Å². The van der Waals surface area contributed by atoms with E-state index in [0.717, 1.165) is 0 Å². The molecule has 1 aliphatic heterocycles. The largest absolute Gasteiger partial charge is 0.387 e. The predicted molar refractivity (Wildman–Crippen MR) is 46.1 cm³/mol. The molecule has 4 heteroatoms. The highest BCUT2D eigenvalue weighted by molar-refractivity contribution is 4.87. The highest BCUT2D eigenvalue weighted by atomic mass is 19.1. The Hall–Kier alpha value is -0.190. The van der Waals surface area contributed by atoms with Crippen LogP contribution in [0.3, 0.4) is 0 Å². The number of hydrogen-bond acceptors (Lipinski definition) is 3. The van der Waals surface area contributed by atoms with E-state index in [0.29, 0.717) is 0 Å². The second-order valence-electron chi connectivity index (χ2n) is 4.38. The van der Waals surface area contributed by atoms with Gasteiger partial charge >= 0.3 is 0 Å². The van der Waals surface area contributed by atoms with Crippen LogP contribution in [0.15, 0.2) is 0 Å². The first-order valence-corrected chi connectivity index (χ1v) is 4.41. The molecule has 1 fully saturated rings. The molecule has 1 saturated heterocycles. The first-order chi connectivity index (χ1) is 5.72. The van der Waals surface area contributed by atoms with E-state index in [1.165, 1.54) is 13.8 Å². The summed E-state index contributed by atoms with van der Waals surface area (Å²) in [6.07, 6.45) is -1.72. The van der Waals surface area contributed by atoms with Crippen molar-refractivity contribution in [3.8, 4) is 0 Å². The number of halogens is 1. The van der Waals surface area contributed by atoms with E-state index in [1.54, 1.807) is 13.8 Å². The maximum absolute atomic E-state index is 13.3. The van der Waals surface area contributed by atoms with Gasteiger partial charge in [0.25, 0.3) is 0 Å². The van der Waals surface area contributed by atoms with Crippen molar-refractivity contribution in [2.75, 3.05) is 6.61 Å². The topological polar surface area (TPSA) is 38.7 Å². The van der Waals surface area contributed by atoms with Crippen molar-refractivity contribution >= 4 is 0 Å². The van der Waals surface area contributed by atoms with Gasteiger partial charge in [-0.25, -0.2) is 4.39 Å². The van der Waals surface area contributed by atoms with Crippen LogP contribution in [0.5, 0.6) is 0 Å². The number of alkyl halides is 1. The first-order valence-electron chi connectivity index (χ1n) is 4.41. The standard InChI is InChI=1S/C9H17FO3/c1-8(2,10)7(11)6-5-12-9(3,4)13-6/h6-7,11H,5H2,1-4H3/t6-,7-/m1/s1. The number of aliphatic hydroxyl groups is 1. The molecule has 3 nitrogen and oxygen atoms in total. The molecule has 0 bridgehead atoms. The lowest BCUT2D eigenvalue weighted by Gasteiger charge is -2.27. The fourth-order valence-corrected chi connectivity index (χ4v) is 1.31. The van der Waals surface area contributed by atoms with Crippen LogP contribution in [0.25, 0.3) is 0 Å². The molecule has 0 aliphatic carbocycles. The molecule has 1 N–H and O–H groups in total. The van der Waals surface area contributed by atoms with Gasteiger partial charge in [0.2, 0.25) is 0 Å². The Kier molecular flexibility index (Phi) is 2.67. The van der Waals surface area contributed by atoms with Crippen molar-refractivity contribution in [2.45, 2.75) is 51.4 Å². The van der Waals surface area contributed by atoms with E-state index >= 15 is 0 Å². The predicted octanol–water partition coefficient (Wildman–Crippen LogP) is 1.25. The third-order valence-corrected chi connectivity index (χ3v) is 2.09. The van der Waals surface area contributed by atoms with Crippen LogP contribution < -0.4 is 0 Å². The Labute approximate surface area is 77.8 Å². The van der Waals surface area contributed by atoms with Gasteiger partial charge in [-0.05, 0) is 27.7 Å². The molecule has 1 rings (SSSR count). The van der Waals surface area contributed by atoms with Gasteiger partial charge in [-0.15, -0.1) is 0 Å². The minimum Gasteiger partial charge on any atom is -0.387 e. The second kappa shape index (κ2) is 3.19. The van der Waals surface area contributed by atoms with Crippen LogP contribution in [0.1, 0.15) is 27.7 Å². The van der Waals surface area contributed by atoms with E-state index in [-0.39, 0.29) is 6.61 Å². The molecular formula is C9H17FO3.